The molecule has 0 radical (unpaired) electrons. The topological polar surface area (TPSA) is 60.5 Å². The van der Waals surface area contributed by atoms with Gasteiger partial charge in [0.25, 0.3) is 5.91 Å². The van der Waals surface area contributed by atoms with Crippen molar-refractivity contribution in [1.82, 2.24) is 9.47 Å². The van der Waals surface area contributed by atoms with E-state index in [4.69, 9.17) is 10.5 Å². The van der Waals surface area contributed by atoms with Crippen LogP contribution in [0.4, 0.5) is 5.69 Å². The van der Waals surface area contributed by atoms with Gasteiger partial charge in [0.2, 0.25) is 0 Å². The molecule has 114 valence electrons. The monoisotopic (exact) mass is 281 g/mol. The first-order valence-electron chi connectivity index (χ1n) is 7.19. The maximum atomic E-state index is 12.8. The molecule has 1 rings (SSSR count). The molecule has 5 nitrogen and oxygen atoms in total. The lowest BCUT2D eigenvalue weighted by Crippen LogP contribution is -2.41. The van der Waals surface area contributed by atoms with Crippen LogP contribution in [0.3, 0.4) is 0 Å². The molecule has 1 aromatic heterocycles. The molecule has 0 aliphatic rings. The second-order valence-corrected chi connectivity index (χ2v) is 5.41. The summed E-state index contributed by atoms with van der Waals surface area (Å²) in [6, 6.07) is 2.13. The SMILES string of the molecule is CCC(C)N(CCOC)C(=O)c1cc(N)cn1C(C)C. The lowest BCUT2D eigenvalue weighted by molar-refractivity contribution is 0.0602. The highest BCUT2D eigenvalue weighted by molar-refractivity contribution is 5.94. The Bertz CT molecular complexity index is 440. The van der Waals surface area contributed by atoms with Crippen molar-refractivity contribution in [3.8, 4) is 0 Å². The smallest absolute Gasteiger partial charge is 0.270 e. The molecule has 5 heteroatoms. The average molecular weight is 281 g/mol. The molecule has 1 amide bonds. The number of hydrogen-bond acceptors (Lipinski definition) is 3. The van der Waals surface area contributed by atoms with Crippen LogP contribution in [-0.4, -0.2) is 41.7 Å². The Kier molecular flexibility index (Phi) is 6.07. The molecule has 0 aromatic carbocycles. The number of anilines is 1. The summed E-state index contributed by atoms with van der Waals surface area (Å²) < 4.78 is 7.04. The lowest BCUT2D eigenvalue weighted by Gasteiger charge is -2.29. The largest absolute Gasteiger partial charge is 0.397 e. The van der Waals surface area contributed by atoms with E-state index in [1.807, 2.05) is 29.5 Å². The van der Waals surface area contributed by atoms with E-state index in [0.29, 0.717) is 24.5 Å². The van der Waals surface area contributed by atoms with Gasteiger partial charge in [-0.1, -0.05) is 6.92 Å². The van der Waals surface area contributed by atoms with Crippen molar-refractivity contribution in [2.45, 2.75) is 46.2 Å². The van der Waals surface area contributed by atoms with Crippen LogP contribution in [0.15, 0.2) is 12.3 Å². The predicted octanol–water partition coefficient (Wildman–Crippen LogP) is 2.54. The Balaban J connectivity index is 3.05. The summed E-state index contributed by atoms with van der Waals surface area (Å²) in [7, 11) is 1.65. The quantitative estimate of drug-likeness (QED) is 0.835. The highest BCUT2D eigenvalue weighted by Crippen LogP contribution is 2.19. The van der Waals surface area contributed by atoms with E-state index in [9.17, 15) is 4.79 Å². The van der Waals surface area contributed by atoms with Gasteiger partial charge in [-0.25, -0.2) is 0 Å². The second-order valence-electron chi connectivity index (χ2n) is 5.41. The van der Waals surface area contributed by atoms with Crippen molar-refractivity contribution in [2.75, 3.05) is 26.0 Å². The summed E-state index contributed by atoms with van der Waals surface area (Å²) in [5, 5.41) is 0. The van der Waals surface area contributed by atoms with Crippen molar-refractivity contribution in [3.63, 3.8) is 0 Å². The fourth-order valence-electron chi connectivity index (χ4n) is 2.18. The number of amides is 1. The summed E-state index contributed by atoms with van der Waals surface area (Å²) in [4.78, 5) is 14.6. The molecule has 1 heterocycles. The van der Waals surface area contributed by atoms with Crippen LogP contribution in [0.1, 0.15) is 50.6 Å². The summed E-state index contributed by atoms with van der Waals surface area (Å²) in [6.45, 7) is 9.34. The van der Waals surface area contributed by atoms with E-state index in [-0.39, 0.29) is 18.0 Å². The molecule has 0 spiro atoms. The summed E-state index contributed by atoms with van der Waals surface area (Å²) in [5.74, 6) is 0.0156. The number of nitrogens with two attached hydrogens (primary N) is 1. The minimum atomic E-state index is 0.0156. The van der Waals surface area contributed by atoms with E-state index in [1.54, 1.807) is 13.2 Å². The molecular weight excluding hydrogens is 254 g/mol. The summed E-state index contributed by atoms with van der Waals surface area (Å²) >= 11 is 0. The number of carbonyl (C=O) groups is 1. The maximum Gasteiger partial charge on any atom is 0.270 e. The van der Waals surface area contributed by atoms with Crippen LogP contribution in [-0.2, 0) is 4.74 Å². The number of methoxy groups -OCH3 is 1. The highest BCUT2D eigenvalue weighted by atomic mass is 16.5. The lowest BCUT2D eigenvalue weighted by atomic mass is 10.2. The van der Waals surface area contributed by atoms with Crippen molar-refractivity contribution in [2.24, 2.45) is 0 Å². The van der Waals surface area contributed by atoms with E-state index in [1.165, 1.54) is 0 Å². The fraction of sp³-hybridized carbons (Fsp3) is 0.667. The summed E-state index contributed by atoms with van der Waals surface area (Å²) in [6.07, 6.45) is 2.73. The first kappa shape index (κ1) is 16.6. The number of nitrogens with zero attached hydrogens (tertiary/aromatic N) is 2. The van der Waals surface area contributed by atoms with E-state index in [0.717, 1.165) is 6.42 Å². The Morgan fingerprint density at radius 3 is 2.60 bits per heavy atom. The number of nitrogen functional groups attached to an aromatic ring is 1. The zero-order valence-corrected chi connectivity index (χ0v) is 13.2. The van der Waals surface area contributed by atoms with Crippen LogP contribution in [0, 0.1) is 0 Å². The third-order valence-electron chi connectivity index (χ3n) is 3.57. The van der Waals surface area contributed by atoms with E-state index >= 15 is 0 Å². The van der Waals surface area contributed by atoms with Crippen LogP contribution in [0.5, 0.6) is 0 Å². The Morgan fingerprint density at radius 2 is 2.10 bits per heavy atom. The summed E-state index contributed by atoms with van der Waals surface area (Å²) in [5.41, 5.74) is 7.12. The molecule has 0 saturated carbocycles. The molecule has 0 fully saturated rings. The third-order valence-corrected chi connectivity index (χ3v) is 3.57. The van der Waals surface area contributed by atoms with Gasteiger partial charge in [0, 0.05) is 31.9 Å². The minimum Gasteiger partial charge on any atom is -0.397 e. The number of hydrogen-bond donors (Lipinski definition) is 1. The van der Waals surface area contributed by atoms with Gasteiger partial charge in [-0.2, -0.15) is 0 Å². The average Bonchev–Trinajstić information content (AvgIpc) is 2.80. The molecule has 0 aliphatic heterocycles. The van der Waals surface area contributed by atoms with Crippen molar-refractivity contribution >= 4 is 11.6 Å². The molecule has 20 heavy (non-hydrogen) atoms. The molecular formula is C15H27N3O2. The van der Waals surface area contributed by atoms with Gasteiger partial charge in [-0.3, -0.25) is 4.79 Å². The standard InChI is InChI=1S/C15H27N3O2/c1-6-12(4)17(7-8-20-5)15(19)14-9-13(16)10-18(14)11(2)3/h9-12H,6-8,16H2,1-5H3. The Morgan fingerprint density at radius 1 is 1.45 bits per heavy atom. The highest BCUT2D eigenvalue weighted by Gasteiger charge is 2.24. The van der Waals surface area contributed by atoms with Crippen molar-refractivity contribution in [1.29, 1.82) is 0 Å². The first-order valence-corrected chi connectivity index (χ1v) is 7.19. The number of rotatable bonds is 7. The van der Waals surface area contributed by atoms with Gasteiger partial charge >= 0.3 is 0 Å². The molecule has 0 bridgehead atoms. The Labute approximate surface area is 121 Å². The second kappa shape index (κ2) is 7.33. The molecule has 2 N–H and O–H groups in total. The van der Waals surface area contributed by atoms with E-state index in [2.05, 4.69) is 13.8 Å². The molecule has 1 aromatic rings. The number of carbonyl (C=O) groups excluding carboxylic acids is 1. The zero-order chi connectivity index (χ0) is 15.3. The van der Waals surface area contributed by atoms with Gasteiger partial charge in [0.05, 0.1) is 12.3 Å². The van der Waals surface area contributed by atoms with Crippen molar-refractivity contribution < 1.29 is 9.53 Å². The molecule has 0 aliphatic carbocycles. The van der Waals surface area contributed by atoms with Gasteiger partial charge in [0.1, 0.15) is 5.69 Å². The van der Waals surface area contributed by atoms with Crippen molar-refractivity contribution in [3.05, 3.63) is 18.0 Å². The third kappa shape index (κ3) is 3.76. The Hall–Kier alpha value is -1.49. The molecule has 1 atom stereocenters. The number of ether oxygens (including phenoxy) is 1. The fourth-order valence-corrected chi connectivity index (χ4v) is 2.18. The zero-order valence-electron chi connectivity index (χ0n) is 13.2. The minimum absolute atomic E-state index is 0.0156. The van der Waals surface area contributed by atoms with E-state index < -0.39 is 0 Å². The van der Waals surface area contributed by atoms with Gasteiger partial charge in [-0.15, -0.1) is 0 Å². The van der Waals surface area contributed by atoms with Crippen LogP contribution >= 0.6 is 0 Å². The van der Waals surface area contributed by atoms with Gasteiger partial charge in [0.15, 0.2) is 0 Å². The number of aromatic nitrogens is 1. The van der Waals surface area contributed by atoms with Gasteiger partial charge < -0.3 is 19.9 Å². The normalized spacial score (nSPS) is 12.7. The van der Waals surface area contributed by atoms with Crippen LogP contribution in [0.2, 0.25) is 0 Å². The van der Waals surface area contributed by atoms with Crippen LogP contribution < -0.4 is 5.73 Å². The maximum absolute atomic E-state index is 12.8. The predicted molar refractivity (Wildman–Crippen MR) is 81.9 cm³/mol. The van der Waals surface area contributed by atoms with Gasteiger partial charge in [-0.05, 0) is 33.3 Å². The van der Waals surface area contributed by atoms with Crippen LogP contribution in [0.25, 0.3) is 0 Å². The first-order chi connectivity index (χ1) is 9.42. The molecule has 0 saturated heterocycles. The molecule has 1 unspecified atom stereocenters.